The van der Waals surface area contributed by atoms with Gasteiger partial charge in [0.1, 0.15) is 5.76 Å². The fraction of sp³-hybridized carbons (Fsp3) is 0.474. The van der Waals surface area contributed by atoms with Gasteiger partial charge < -0.3 is 14.6 Å². The van der Waals surface area contributed by atoms with E-state index in [1.807, 2.05) is 11.8 Å². The summed E-state index contributed by atoms with van der Waals surface area (Å²) in [6, 6.07) is 3.49. The number of rotatable bonds is 4. The molecule has 0 unspecified atom stereocenters. The molecule has 0 radical (unpaired) electrons. The number of hydrogen-bond donors (Lipinski definition) is 1. The minimum absolute atomic E-state index is 0.0986. The summed E-state index contributed by atoms with van der Waals surface area (Å²) in [7, 11) is 0. The second-order valence-electron chi connectivity index (χ2n) is 6.86. The van der Waals surface area contributed by atoms with Crippen molar-refractivity contribution in [1.29, 1.82) is 0 Å². The number of carbonyl (C=O) groups excluding carboxylic acids is 2. The third-order valence-corrected chi connectivity index (χ3v) is 4.69. The Balaban J connectivity index is 1.61. The lowest BCUT2D eigenvalue weighted by molar-refractivity contribution is 0.0690. The maximum Gasteiger partial charge on any atom is 0.276 e. The Kier molecular flexibility index (Phi) is 5.35. The van der Waals surface area contributed by atoms with E-state index in [0.717, 1.165) is 31.6 Å². The number of carbonyl (C=O) groups is 2. The van der Waals surface area contributed by atoms with Crippen molar-refractivity contribution in [2.45, 2.75) is 40.2 Å². The summed E-state index contributed by atoms with van der Waals surface area (Å²) in [5, 5.41) is 2.74. The Morgan fingerprint density at radius 1 is 1.27 bits per heavy atom. The second-order valence-corrected chi connectivity index (χ2v) is 6.86. The molecule has 7 nitrogen and oxygen atoms in total. The molecule has 0 saturated carbocycles. The van der Waals surface area contributed by atoms with Gasteiger partial charge >= 0.3 is 0 Å². The number of nitrogens with one attached hydrogen (secondary N) is 1. The number of likely N-dealkylation sites (tertiary alicyclic amines) is 1. The second kappa shape index (κ2) is 7.68. The van der Waals surface area contributed by atoms with Gasteiger partial charge in [0.15, 0.2) is 5.69 Å². The number of pyridine rings is 1. The van der Waals surface area contributed by atoms with Crippen LogP contribution in [0.5, 0.6) is 0 Å². The lowest BCUT2D eigenvalue weighted by Gasteiger charge is -2.29. The molecule has 1 N–H and O–H groups in total. The van der Waals surface area contributed by atoms with E-state index < -0.39 is 0 Å². The minimum atomic E-state index is -0.258. The number of aryl methyl sites for hydroxylation is 2. The predicted molar refractivity (Wildman–Crippen MR) is 95.7 cm³/mol. The van der Waals surface area contributed by atoms with Crippen LogP contribution in [0.25, 0.3) is 0 Å². The molecule has 138 valence electrons. The van der Waals surface area contributed by atoms with Crippen molar-refractivity contribution < 1.29 is 14.0 Å². The minimum Gasteiger partial charge on any atom is -0.443 e. The molecule has 3 heterocycles. The summed E-state index contributed by atoms with van der Waals surface area (Å²) in [4.78, 5) is 35.0. The van der Waals surface area contributed by atoms with Gasteiger partial charge in [0.25, 0.3) is 11.8 Å². The zero-order valence-corrected chi connectivity index (χ0v) is 15.4. The van der Waals surface area contributed by atoms with Crippen molar-refractivity contribution in [1.82, 2.24) is 20.2 Å². The Morgan fingerprint density at radius 2 is 2.00 bits per heavy atom. The van der Waals surface area contributed by atoms with Crippen molar-refractivity contribution in [2.75, 3.05) is 13.1 Å². The Labute approximate surface area is 152 Å². The van der Waals surface area contributed by atoms with Crippen molar-refractivity contribution >= 4 is 11.8 Å². The average Bonchev–Trinajstić information content (AvgIpc) is 3.01. The first-order valence-corrected chi connectivity index (χ1v) is 8.90. The molecule has 0 atom stereocenters. The van der Waals surface area contributed by atoms with Crippen molar-refractivity contribution in [3.63, 3.8) is 0 Å². The van der Waals surface area contributed by atoms with Crippen molar-refractivity contribution in [2.24, 2.45) is 5.92 Å². The number of aromatic nitrogens is 2. The highest BCUT2D eigenvalue weighted by Gasteiger charge is 2.26. The quantitative estimate of drug-likeness (QED) is 0.909. The van der Waals surface area contributed by atoms with Crippen LogP contribution in [0.15, 0.2) is 22.7 Å². The van der Waals surface area contributed by atoms with Gasteiger partial charge in [-0.15, -0.1) is 0 Å². The maximum atomic E-state index is 12.6. The zero-order chi connectivity index (χ0) is 18.7. The molecular formula is C19H24N4O3. The summed E-state index contributed by atoms with van der Waals surface area (Å²) in [5.41, 5.74) is 1.65. The SMILES string of the molecule is Cc1ccc(C(=O)NCc2nc(C(=O)N3CCC(C)CC3)c(C)o2)cn1. The van der Waals surface area contributed by atoms with E-state index in [1.54, 1.807) is 19.1 Å². The molecule has 2 aromatic heterocycles. The van der Waals surface area contributed by atoms with Crippen LogP contribution in [0.2, 0.25) is 0 Å². The van der Waals surface area contributed by atoms with Crippen LogP contribution >= 0.6 is 0 Å². The third kappa shape index (κ3) is 4.09. The molecule has 3 rings (SSSR count). The van der Waals surface area contributed by atoms with E-state index in [-0.39, 0.29) is 18.4 Å². The fourth-order valence-corrected chi connectivity index (χ4v) is 2.95. The van der Waals surface area contributed by atoms with Crippen molar-refractivity contribution in [3.05, 3.63) is 46.9 Å². The molecule has 1 fully saturated rings. The van der Waals surface area contributed by atoms with E-state index in [9.17, 15) is 9.59 Å². The largest absolute Gasteiger partial charge is 0.443 e. The van der Waals surface area contributed by atoms with E-state index in [1.165, 1.54) is 6.20 Å². The molecule has 2 aromatic rings. The normalized spacial score (nSPS) is 15.1. The third-order valence-electron chi connectivity index (χ3n) is 4.69. The van der Waals surface area contributed by atoms with E-state index in [0.29, 0.717) is 28.8 Å². The van der Waals surface area contributed by atoms with E-state index in [2.05, 4.69) is 22.2 Å². The fourth-order valence-electron chi connectivity index (χ4n) is 2.95. The molecule has 1 aliphatic rings. The summed E-state index contributed by atoms with van der Waals surface area (Å²) in [5.74, 6) is 1.10. The number of oxazole rings is 1. The summed E-state index contributed by atoms with van der Waals surface area (Å²) in [6.45, 7) is 7.41. The van der Waals surface area contributed by atoms with Crippen LogP contribution in [0.1, 0.15) is 58.0 Å². The van der Waals surface area contributed by atoms with Crippen LogP contribution in [0.3, 0.4) is 0 Å². The van der Waals surface area contributed by atoms with Gasteiger partial charge in [0.05, 0.1) is 12.1 Å². The van der Waals surface area contributed by atoms with Gasteiger partial charge in [-0.05, 0) is 44.7 Å². The highest BCUT2D eigenvalue weighted by atomic mass is 16.4. The number of nitrogens with zero attached hydrogens (tertiary/aromatic N) is 3. The van der Waals surface area contributed by atoms with E-state index in [4.69, 9.17) is 4.42 Å². The van der Waals surface area contributed by atoms with Gasteiger partial charge in [0, 0.05) is 25.0 Å². The van der Waals surface area contributed by atoms with Gasteiger partial charge in [-0.2, -0.15) is 0 Å². The van der Waals surface area contributed by atoms with Gasteiger partial charge in [0.2, 0.25) is 5.89 Å². The molecule has 1 aliphatic heterocycles. The van der Waals surface area contributed by atoms with Gasteiger partial charge in [-0.25, -0.2) is 4.98 Å². The molecule has 0 aliphatic carbocycles. The maximum absolute atomic E-state index is 12.6. The summed E-state index contributed by atoms with van der Waals surface area (Å²) in [6.07, 6.45) is 3.55. The number of piperidine rings is 1. The molecule has 2 amide bonds. The van der Waals surface area contributed by atoms with Crippen LogP contribution in [-0.2, 0) is 6.54 Å². The summed E-state index contributed by atoms with van der Waals surface area (Å²) < 4.78 is 5.56. The average molecular weight is 356 g/mol. The highest BCUT2D eigenvalue weighted by Crippen LogP contribution is 2.19. The number of hydrogen-bond acceptors (Lipinski definition) is 5. The molecule has 1 saturated heterocycles. The number of amides is 2. The van der Waals surface area contributed by atoms with Gasteiger partial charge in [-0.3, -0.25) is 14.6 Å². The lowest BCUT2D eigenvalue weighted by Crippen LogP contribution is -2.38. The molecule has 7 heteroatoms. The zero-order valence-electron chi connectivity index (χ0n) is 15.4. The molecule has 26 heavy (non-hydrogen) atoms. The monoisotopic (exact) mass is 356 g/mol. The standard InChI is InChI=1S/C19H24N4O3/c1-12-6-8-23(9-7-12)19(25)17-14(3)26-16(22-17)11-21-18(24)15-5-4-13(2)20-10-15/h4-5,10,12H,6-9,11H2,1-3H3,(H,21,24). The van der Waals surface area contributed by atoms with Gasteiger partial charge in [-0.1, -0.05) is 6.92 Å². The van der Waals surface area contributed by atoms with E-state index >= 15 is 0 Å². The van der Waals surface area contributed by atoms with Crippen LogP contribution in [-0.4, -0.2) is 39.8 Å². The Bertz CT molecular complexity index is 790. The van der Waals surface area contributed by atoms with Crippen LogP contribution < -0.4 is 5.32 Å². The molecular weight excluding hydrogens is 332 g/mol. The predicted octanol–water partition coefficient (Wildman–Crippen LogP) is 2.49. The summed E-state index contributed by atoms with van der Waals surface area (Å²) >= 11 is 0. The Morgan fingerprint density at radius 3 is 2.65 bits per heavy atom. The molecule has 0 spiro atoms. The van der Waals surface area contributed by atoms with Crippen LogP contribution in [0, 0.1) is 19.8 Å². The Hall–Kier alpha value is -2.70. The first-order valence-electron chi connectivity index (χ1n) is 8.90. The first kappa shape index (κ1) is 18.1. The molecule has 0 bridgehead atoms. The lowest BCUT2D eigenvalue weighted by atomic mass is 9.99. The first-order chi connectivity index (χ1) is 12.4. The van der Waals surface area contributed by atoms with Crippen LogP contribution in [0.4, 0.5) is 0 Å². The topological polar surface area (TPSA) is 88.3 Å². The highest BCUT2D eigenvalue weighted by molar-refractivity contribution is 5.94. The molecule has 0 aromatic carbocycles. The van der Waals surface area contributed by atoms with Crippen molar-refractivity contribution in [3.8, 4) is 0 Å². The smallest absolute Gasteiger partial charge is 0.276 e.